The molecule has 0 spiro atoms. The SMILES string of the molecule is CC[C@H](C)[C@H]1CN1S(=O)(=O)C(C)C. The van der Waals surface area contributed by atoms with Crippen LogP contribution in [-0.2, 0) is 10.0 Å². The van der Waals surface area contributed by atoms with E-state index in [2.05, 4.69) is 13.8 Å². The van der Waals surface area contributed by atoms with Crippen LogP contribution in [0.2, 0.25) is 0 Å². The van der Waals surface area contributed by atoms with E-state index in [-0.39, 0.29) is 11.3 Å². The van der Waals surface area contributed by atoms with Crippen LogP contribution in [0.25, 0.3) is 0 Å². The summed E-state index contributed by atoms with van der Waals surface area (Å²) in [5.41, 5.74) is 0. The molecule has 3 nitrogen and oxygen atoms in total. The monoisotopic (exact) mass is 205 g/mol. The molecule has 1 fully saturated rings. The molecule has 0 bridgehead atoms. The van der Waals surface area contributed by atoms with Gasteiger partial charge in [0.2, 0.25) is 10.0 Å². The maximum absolute atomic E-state index is 11.6. The minimum absolute atomic E-state index is 0.275. The van der Waals surface area contributed by atoms with Crippen molar-refractivity contribution in [1.82, 2.24) is 4.31 Å². The summed E-state index contributed by atoms with van der Waals surface area (Å²) in [4.78, 5) is 0. The Bertz CT molecular complexity index is 271. The highest BCUT2D eigenvalue weighted by atomic mass is 32.2. The topological polar surface area (TPSA) is 37.1 Å². The van der Waals surface area contributed by atoms with Crippen molar-refractivity contribution in [2.24, 2.45) is 5.92 Å². The van der Waals surface area contributed by atoms with Gasteiger partial charge in [-0.25, -0.2) is 8.42 Å². The lowest BCUT2D eigenvalue weighted by Gasteiger charge is -2.11. The molecule has 0 radical (unpaired) electrons. The van der Waals surface area contributed by atoms with Gasteiger partial charge in [0.25, 0.3) is 0 Å². The molecule has 0 aromatic rings. The van der Waals surface area contributed by atoms with E-state index in [9.17, 15) is 8.42 Å². The number of hydrogen-bond donors (Lipinski definition) is 0. The fourth-order valence-electron chi connectivity index (χ4n) is 1.44. The Morgan fingerprint density at radius 1 is 1.38 bits per heavy atom. The molecule has 1 aliphatic rings. The first-order chi connectivity index (χ1) is 5.91. The molecule has 1 saturated heterocycles. The smallest absolute Gasteiger partial charge is 0.212 e. The molecule has 1 rings (SSSR count). The molecule has 4 heteroatoms. The van der Waals surface area contributed by atoms with Crippen molar-refractivity contribution in [2.45, 2.75) is 45.4 Å². The second-order valence-corrected chi connectivity index (χ2v) is 6.56. The predicted octanol–water partition coefficient (Wildman–Crippen LogP) is 1.45. The van der Waals surface area contributed by atoms with Crippen LogP contribution in [0.15, 0.2) is 0 Å². The quantitative estimate of drug-likeness (QED) is 0.651. The van der Waals surface area contributed by atoms with E-state index in [4.69, 9.17) is 0 Å². The standard InChI is InChI=1S/C9H19NO2S/c1-5-8(4)9-6-10(9)13(11,12)7(2)3/h7-9H,5-6H2,1-4H3/t8-,9+,10?/m0/s1. The number of hydrogen-bond acceptors (Lipinski definition) is 2. The molecule has 0 saturated carbocycles. The Morgan fingerprint density at radius 2 is 1.92 bits per heavy atom. The maximum Gasteiger partial charge on any atom is 0.216 e. The lowest BCUT2D eigenvalue weighted by atomic mass is 10.1. The molecular formula is C9H19NO2S. The first-order valence-corrected chi connectivity index (χ1v) is 6.42. The minimum atomic E-state index is -2.97. The van der Waals surface area contributed by atoms with Crippen molar-refractivity contribution >= 4 is 10.0 Å². The third-order valence-electron chi connectivity index (χ3n) is 2.83. The fraction of sp³-hybridized carbons (Fsp3) is 1.00. The zero-order valence-corrected chi connectivity index (χ0v) is 9.63. The molecule has 3 atom stereocenters. The van der Waals surface area contributed by atoms with Crippen LogP contribution < -0.4 is 0 Å². The first-order valence-electron chi connectivity index (χ1n) is 4.92. The van der Waals surface area contributed by atoms with E-state index in [1.165, 1.54) is 0 Å². The van der Waals surface area contributed by atoms with Crippen molar-refractivity contribution in [2.75, 3.05) is 6.54 Å². The van der Waals surface area contributed by atoms with Crippen LogP contribution in [0.1, 0.15) is 34.1 Å². The molecular weight excluding hydrogens is 186 g/mol. The highest BCUT2D eigenvalue weighted by Crippen LogP contribution is 2.32. The summed E-state index contributed by atoms with van der Waals surface area (Å²) in [5, 5.41) is -0.276. The Hall–Kier alpha value is -0.0900. The van der Waals surface area contributed by atoms with Crippen molar-refractivity contribution in [3.8, 4) is 0 Å². The predicted molar refractivity (Wildman–Crippen MR) is 54.0 cm³/mol. The molecule has 1 unspecified atom stereocenters. The summed E-state index contributed by atoms with van der Waals surface area (Å²) in [5.74, 6) is 0.494. The second kappa shape index (κ2) is 3.58. The number of nitrogens with zero attached hydrogens (tertiary/aromatic N) is 1. The van der Waals surface area contributed by atoms with Crippen molar-refractivity contribution in [3.63, 3.8) is 0 Å². The van der Waals surface area contributed by atoms with E-state index >= 15 is 0 Å². The number of rotatable bonds is 4. The van der Waals surface area contributed by atoms with Crippen LogP contribution in [0.4, 0.5) is 0 Å². The fourth-order valence-corrected chi connectivity index (χ4v) is 2.92. The number of sulfonamides is 1. The minimum Gasteiger partial charge on any atom is -0.212 e. The molecule has 0 aliphatic carbocycles. The Morgan fingerprint density at radius 3 is 2.31 bits per heavy atom. The van der Waals surface area contributed by atoms with Gasteiger partial charge in [-0.1, -0.05) is 20.3 Å². The van der Waals surface area contributed by atoms with Gasteiger partial charge in [0.15, 0.2) is 0 Å². The molecule has 1 heterocycles. The maximum atomic E-state index is 11.6. The van der Waals surface area contributed by atoms with E-state index in [0.29, 0.717) is 5.92 Å². The second-order valence-electron chi connectivity index (χ2n) is 4.12. The summed E-state index contributed by atoms with van der Waals surface area (Å²) in [6.45, 7) is 8.42. The molecule has 0 N–H and O–H groups in total. The van der Waals surface area contributed by atoms with Crippen molar-refractivity contribution in [3.05, 3.63) is 0 Å². The summed E-state index contributed by atoms with van der Waals surface area (Å²) in [6.07, 6.45) is 1.05. The largest absolute Gasteiger partial charge is 0.216 e. The molecule has 78 valence electrons. The highest BCUT2D eigenvalue weighted by molar-refractivity contribution is 7.89. The van der Waals surface area contributed by atoms with Crippen molar-refractivity contribution < 1.29 is 8.42 Å². The highest BCUT2D eigenvalue weighted by Gasteiger charge is 2.46. The van der Waals surface area contributed by atoms with Crippen LogP contribution in [0.3, 0.4) is 0 Å². The molecule has 0 amide bonds. The van der Waals surface area contributed by atoms with Crippen LogP contribution in [0.5, 0.6) is 0 Å². The van der Waals surface area contributed by atoms with Crippen LogP contribution >= 0.6 is 0 Å². The van der Waals surface area contributed by atoms with E-state index in [1.54, 1.807) is 18.2 Å². The lowest BCUT2D eigenvalue weighted by Crippen LogP contribution is -2.25. The van der Waals surface area contributed by atoms with Gasteiger partial charge in [-0.3, -0.25) is 0 Å². The van der Waals surface area contributed by atoms with E-state index < -0.39 is 10.0 Å². The molecule has 1 aliphatic heterocycles. The summed E-state index contributed by atoms with van der Waals surface area (Å²) < 4.78 is 24.9. The van der Waals surface area contributed by atoms with Crippen molar-refractivity contribution in [1.29, 1.82) is 0 Å². The van der Waals surface area contributed by atoms with Gasteiger partial charge in [-0.2, -0.15) is 4.31 Å². The molecule has 0 aromatic carbocycles. The summed E-state index contributed by atoms with van der Waals surface area (Å²) in [6, 6.07) is 0.275. The summed E-state index contributed by atoms with van der Waals surface area (Å²) in [7, 11) is -2.97. The zero-order valence-electron chi connectivity index (χ0n) is 8.82. The third kappa shape index (κ3) is 2.05. The normalized spacial score (nSPS) is 30.5. The van der Waals surface area contributed by atoms with Crippen LogP contribution in [-0.4, -0.2) is 30.6 Å². The van der Waals surface area contributed by atoms with Gasteiger partial charge >= 0.3 is 0 Å². The van der Waals surface area contributed by atoms with Gasteiger partial charge in [-0.05, 0) is 19.8 Å². The Kier molecular flexibility index (Phi) is 3.02. The van der Waals surface area contributed by atoms with Gasteiger partial charge in [0.1, 0.15) is 0 Å². The summed E-state index contributed by atoms with van der Waals surface area (Å²) >= 11 is 0. The zero-order chi connectivity index (χ0) is 10.2. The first kappa shape index (κ1) is 11.0. The average Bonchev–Trinajstić information content (AvgIpc) is 2.81. The van der Waals surface area contributed by atoms with Gasteiger partial charge in [0, 0.05) is 12.6 Å². The average molecular weight is 205 g/mol. The van der Waals surface area contributed by atoms with Gasteiger partial charge in [-0.15, -0.1) is 0 Å². The molecule has 0 aromatic heterocycles. The van der Waals surface area contributed by atoms with Gasteiger partial charge < -0.3 is 0 Å². The van der Waals surface area contributed by atoms with E-state index in [0.717, 1.165) is 13.0 Å². The Balaban J connectivity index is 2.61. The molecule has 13 heavy (non-hydrogen) atoms. The lowest BCUT2D eigenvalue weighted by molar-refractivity contribution is 0.481. The Labute approximate surface area is 81.2 Å². The van der Waals surface area contributed by atoms with Gasteiger partial charge in [0.05, 0.1) is 5.25 Å². The van der Waals surface area contributed by atoms with E-state index in [1.807, 2.05) is 0 Å². The third-order valence-corrected chi connectivity index (χ3v) is 5.09. The van der Waals surface area contributed by atoms with Crippen LogP contribution in [0, 0.1) is 5.92 Å².